The molecule has 2 rings (SSSR count). The molecule has 0 saturated carbocycles. The molecule has 4 heteroatoms. The molecule has 0 unspecified atom stereocenters. The lowest BCUT2D eigenvalue weighted by atomic mass is 9.78. The number of ether oxygens (including phenoxy) is 1. The van der Waals surface area contributed by atoms with Crippen molar-refractivity contribution in [2.24, 2.45) is 0 Å². The van der Waals surface area contributed by atoms with E-state index in [0.29, 0.717) is 0 Å². The number of benzene rings is 1. The summed E-state index contributed by atoms with van der Waals surface area (Å²) < 4.78 is 48.4. The van der Waals surface area contributed by atoms with Crippen LogP contribution in [0.15, 0.2) is 24.2 Å². The van der Waals surface area contributed by atoms with Gasteiger partial charge in [0.05, 0.1) is 23.8 Å². The Morgan fingerprint density at radius 1 is 1.12 bits per heavy atom. The van der Waals surface area contributed by atoms with Crippen LogP contribution in [0.3, 0.4) is 0 Å². The Bertz CT molecular complexity index is 574. The molecule has 1 heterocycles. The van der Waals surface area contributed by atoms with Gasteiger partial charge < -0.3 is 14.0 Å². The number of hydrogen-bond acceptors (Lipinski definition) is 3. The summed E-state index contributed by atoms with van der Waals surface area (Å²) in [6.45, 7) is 7.52. The number of para-hydroxylation sites is 1. The monoisotopic (exact) mass is 238 g/mol. The maximum absolute atomic E-state index is 8.07. The first-order valence-corrected chi connectivity index (χ1v) is 5.53. The summed E-state index contributed by atoms with van der Waals surface area (Å²) >= 11 is 0. The van der Waals surface area contributed by atoms with Gasteiger partial charge in [-0.3, -0.25) is 0 Å². The molecule has 0 atom stereocenters. The summed E-state index contributed by atoms with van der Waals surface area (Å²) in [7, 11) is 0.469. The molecule has 1 aliphatic rings. The molecule has 0 N–H and O–H groups in total. The van der Waals surface area contributed by atoms with E-state index in [-0.39, 0.29) is 35.4 Å². The molecule has 17 heavy (non-hydrogen) atoms. The number of methoxy groups -OCH3 is 1. The lowest BCUT2D eigenvalue weighted by molar-refractivity contribution is 0.00578. The fraction of sp³-hybridized carbons (Fsp3) is 0.538. The minimum Gasteiger partial charge on any atom is -0.497 e. The zero-order valence-electron chi connectivity index (χ0n) is 14.8. The van der Waals surface area contributed by atoms with Gasteiger partial charge in [-0.05, 0) is 33.7 Å². The first-order chi connectivity index (χ1) is 9.53. The van der Waals surface area contributed by atoms with Crippen LogP contribution < -0.4 is 10.2 Å². The minimum absolute atomic E-state index is 0.0551. The maximum Gasteiger partial charge on any atom is 0.498 e. The van der Waals surface area contributed by atoms with Crippen molar-refractivity contribution in [3.8, 4) is 5.75 Å². The van der Waals surface area contributed by atoms with E-state index in [1.165, 1.54) is 7.11 Å². The molecule has 92 valence electrons. The number of hydrogen-bond donors (Lipinski definition) is 0. The van der Waals surface area contributed by atoms with Crippen molar-refractivity contribution in [1.29, 1.82) is 0 Å². The Hall–Kier alpha value is -0.995. The van der Waals surface area contributed by atoms with Crippen molar-refractivity contribution >= 4 is 12.6 Å². The summed E-state index contributed by atoms with van der Waals surface area (Å²) in [5.41, 5.74) is -1.000. The lowest BCUT2D eigenvalue weighted by Crippen LogP contribution is -2.41. The van der Waals surface area contributed by atoms with Gasteiger partial charge in [0.2, 0.25) is 0 Å². The molecule has 0 aromatic heterocycles. The Labute approximate surface area is 109 Å². The zero-order valence-corrected chi connectivity index (χ0v) is 10.8. The molecular formula is C13H19BO3. The largest absolute Gasteiger partial charge is 0.498 e. The van der Waals surface area contributed by atoms with E-state index in [0.717, 1.165) is 0 Å². The van der Waals surface area contributed by atoms with Crippen molar-refractivity contribution in [3.05, 3.63) is 24.2 Å². The van der Waals surface area contributed by atoms with E-state index >= 15 is 0 Å². The van der Waals surface area contributed by atoms with Crippen molar-refractivity contribution in [1.82, 2.24) is 0 Å². The van der Waals surface area contributed by atoms with E-state index in [4.69, 9.17) is 19.5 Å². The Morgan fingerprint density at radius 2 is 1.65 bits per heavy atom. The predicted octanol–water partition coefficient (Wildman–Crippen LogP) is 1.99. The molecule has 0 radical (unpaired) electrons. The van der Waals surface area contributed by atoms with Crippen LogP contribution in [0.2, 0.25) is 0 Å². The first kappa shape index (κ1) is 8.17. The van der Waals surface area contributed by atoms with Crippen LogP contribution in [0.1, 0.15) is 33.2 Å². The first-order valence-electron chi connectivity index (χ1n) is 7.53. The fourth-order valence-electron chi connectivity index (χ4n) is 1.60. The van der Waals surface area contributed by atoms with Crippen LogP contribution in [-0.4, -0.2) is 25.4 Å². The van der Waals surface area contributed by atoms with Gasteiger partial charge in [0.1, 0.15) is 5.75 Å². The molecule has 0 amide bonds. The van der Waals surface area contributed by atoms with Crippen LogP contribution >= 0.6 is 0 Å². The quantitative estimate of drug-likeness (QED) is 0.737. The summed E-state index contributed by atoms with van der Waals surface area (Å²) in [6, 6.07) is -1.10. The van der Waals surface area contributed by atoms with Gasteiger partial charge in [-0.1, -0.05) is 18.1 Å². The molecule has 1 fully saturated rings. The minimum atomic E-state index is -0.897. The standard InChI is InChI=1S/C13H19BO3/c1-12(2)13(3,4)17-14(16-12)10-8-6-7-9-11(10)15-5/h6-9H,1-5H3/i6D,7D,8D,9D. The van der Waals surface area contributed by atoms with Gasteiger partial charge in [0.15, 0.2) is 0 Å². The predicted molar refractivity (Wildman–Crippen MR) is 68.7 cm³/mol. The van der Waals surface area contributed by atoms with E-state index in [9.17, 15) is 0 Å². The topological polar surface area (TPSA) is 27.7 Å². The van der Waals surface area contributed by atoms with Crippen LogP contribution in [0.25, 0.3) is 0 Å². The molecular weight excluding hydrogens is 215 g/mol. The molecule has 1 saturated heterocycles. The SMILES string of the molecule is [2H]c1c([2H])c([2H])c(B2OC(C)(C)C(C)(C)O2)c(OC)c1[2H]. The molecule has 0 spiro atoms. The second-order valence-corrected chi connectivity index (χ2v) is 5.04. The summed E-state index contributed by atoms with van der Waals surface area (Å²) in [5, 5.41) is 0. The summed E-state index contributed by atoms with van der Waals surface area (Å²) in [5.74, 6) is 0.0551. The van der Waals surface area contributed by atoms with E-state index < -0.39 is 18.3 Å². The third-order valence-corrected chi connectivity index (χ3v) is 3.37. The van der Waals surface area contributed by atoms with Gasteiger partial charge in [-0.15, -0.1) is 0 Å². The van der Waals surface area contributed by atoms with Crippen molar-refractivity contribution < 1.29 is 19.5 Å². The van der Waals surface area contributed by atoms with E-state index in [1.54, 1.807) is 0 Å². The zero-order chi connectivity index (χ0) is 16.2. The van der Waals surface area contributed by atoms with Crippen LogP contribution in [0.5, 0.6) is 5.75 Å². The van der Waals surface area contributed by atoms with Crippen molar-refractivity contribution in [2.45, 2.75) is 38.9 Å². The van der Waals surface area contributed by atoms with Crippen molar-refractivity contribution in [2.75, 3.05) is 7.11 Å². The molecule has 0 aliphatic carbocycles. The fourth-order valence-corrected chi connectivity index (χ4v) is 1.60. The molecule has 1 aromatic carbocycles. The van der Waals surface area contributed by atoms with Gasteiger partial charge >= 0.3 is 7.12 Å². The van der Waals surface area contributed by atoms with Crippen LogP contribution in [0.4, 0.5) is 0 Å². The van der Waals surface area contributed by atoms with Crippen molar-refractivity contribution in [3.63, 3.8) is 0 Å². The second kappa shape index (κ2) is 4.04. The highest BCUT2D eigenvalue weighted by Crippen LogP contribution is 2.37. The normalized spacial score (nSPS) is 24.9. The smallest absolute Gasteiger partial charge is 0.497 e. The lowest BCUT2D eigenvalue weighted by Gasteiger charge is -2.32. The Kier molecular flexibility index (Phi) is 1.94. The molecule has 0 bridgehead atoms. The van der Waals surface area contributed by atoms with E-state index in [2.05, 4.69) is 0 Å². The highest BCUT2D eigenvalue weighted by molar-refractivity contribution is 6.63. The average molecular weight is 238 g/mol. The van der Waals surface area contributed by atoms with Gasteiger partial charge in [0, 0.05) is 5.46 Å². The third-order valence-electron chi connectivity index (χ3n) is 3.37. The Balaban J connectivity index is 2.61. The number of rotatable bonds is 2. The van der Waals surface area contributed by atoms with Gasteiger partial charge in [-0.2, -0.15) is 0 Å². The Morgan fingerprint density at radius 3 is 2.18 bits per heavy atom. The van der Waals surface area contributed by atoms with Gasteiger partial charge in [-0.25, -0.2) is 0 Å². The third kappa shape index (κ3) is 2.07. The molecule has 1 aromatic rings. The summed E-state index contributed by atoms with van der Waals surface area (Å²) in [4.78, 5) is 0. The molecule has 1 aliphatic heterocycles. The highest BCUT2D eigenvalue weighted by Gasteiger charge is 2.52. The maximum atomic E-state index is 8.07. The van der Waals surface area contributed by atoms with Gasteiger partial charge in [0.25, 0.3) is 0 Å². The van der Waals surface area contributed by atoms with E-state index in [1.807, 2.05) is 27.7 Å². The van der Waals surface area contributed by atoms with Crippen LogP contribution in [-0.2, 0) is 9.31 Å². The molecule has 3 nitrogen and oxygen atoms in total. The average Bonchev–Trinajstić information content (AvgIpc) is 2.59. The summed E-state index contributed by atoms with van der Waals surface area (Å²) in [6.07, 6.45) is 0. The second-order valence-electron chi connectivity index (χ2n) is 5.04. The van der Waals surface area contributed by atoms with Crippen LogP contribution in [0, 0.1) is 0 Å². The highest BCUT2D eigenvalue weighted by atomic mass is 16.7.